The minimum atomic E-state index is -1.02. The summed E-state index contributed by atoms with van der Waals surface area (Å²) in [6, 6.07) is 20.0. The van der Waals surface area contributed by atoms with Crippen molar-refractivity contribution < 1.29 is 14.2 Å². The summed E-state index contributed by atoms with van der Waals surface area (Å²) in [7, 11) is 1.77. The lowest BCUT2D eigenvalue weighted by atomic mass is 9.86. The van der Waals surface area contributed by atoms with Crippen LogP contribution >= 0.6 is 11.6 Å². The standard InChI is InChI=1S/C31H33ClN2O4/c1-4-38-31(25-10-6-5-7-11-25,20-37-28-12-8-9-15-36-28)29-26-17-22(13-14-23(26)18-27(32)33-29)24-16-21(2)30(35)34(3)19-24/h5-7,10-11,13-14,16-19,28H,4,8-9,12,15,20H2,1-3H3. The van der Waals surface area contributed by atoms with Crippen LogP contribution in [0.5, 0.6) is 0 Å². The van der Waals surface area contributed by atoms with E-state index in [2.05, 4.69) is 6.07 Å². The number of halogens is 1. The van der Waals surface area contributed by atoms with E-state index in [1.54, 1.807) is 11.6 Å². The van der Waals surface area contributed by atoms with E-state index in [4.69, 9.17) is 30.8 Å². The normalized spacial score (nSPS) is 17.4. The van der Waals surface area contributed by atoms with Gasteiger partial charge in [-0.05, 0) is 73.4 Å². The summed E-state index contributed by atoms with van der Waals surface area (Å²) in [5.74, 6) is 0. The van der Waals surface area contributed by atoms with E-state index in [1.807, 2.05) is 74.6 Å². The molecule has 198 valence electrons. The highest BCUT2D eigenvalue weighted by molar-refractivity contribution is 6.30. The van der Waals surface area contributed by atoms with Gasteiger partial charge in [0.25, 0.3) is 5.56 Å². The van der Waals surface area contributed by atoms with Gasteiger partial charge in [0.15, 0.2) is 11.9 Å². The Hall–Kier alpha value is -3.03. The first-order chi connectivity index (χ1) is 18.4. The molecule has 0 aliphatic carbocycles. The number of pyridine rings is 2. The minimum absolute atomic E-state index is 0.00908. The molecule has 38 heavy (non-hydrogen) atoms. The van der Waals surface area contributed by atoms with Crippen LogP contribution < -0.4 is 5.56 Å². The lowest BCUT2D eigenvalue weighted by molar-refractivity contribution is -0.195. The second kappa shape index (κ2) is 11.4. The summed E-state index contributed by atoms with van der Waals surface area (Å²) in [6.45, 7) is 5.17. The van der Waals surface area contributed by atoms with Gasteiger partial charge in [0.05, 0.1) is 12.3 Å². The fourth-order valence-corrected chi connectivity index (χ4v) is 5.43. The zero-order chi connectivity index (χ0) is 26.7. The average molecular weight is 533 g/mol. The van der Waals surface area contributed by atoms with Crippen LogP contribution in [0.1, 0.15) is 43.0 Å². The third-order valence-corrected chi connectivity index (χ3v) is 7.31. The number of hydrogen-bond acceptors (Lipinski definition) is 5. The quantitative estimate of drug-likeness (QED) is 0.246. The maximum absolute atomic E-state index is 12.3. The molecule has 1 fully saturated rings. The fraction of sp³-hybridized carbons (Fsp3) is 0.355. The minimum Gasteiger partial charge on any atom is -0.362 e. The van der Waals surface area contributed by atoms with E-state index in [1.165, 1.54) is 0 Å². The van der Waals surface area contributed by atoms with Gasteiger partial charge in [-0.2, -0.15) is 0 Å². The molecule has 5 rings (SSSR count). The van der Waals surface area contributed by atoms with Crippen LogP contribution in [0.15, 0.2) is 71.7 Å². The number of rotatable bonds is 8. The lowest BCUT2D eigenvalue weighted by Crippen LogP contribution is -2.40. The van der Waals surface area contributed by atoms with Crippen LogP contribution in [0.3, 0.4) is 0 Å². The van der Waals surface area contributed by atoms with E-state index in [0.717, 1.165) is 46.7 Å². The van der Waals surface area contributed by atoms with E-state index in [0.29, 0.717) is 29.6 Å². The molecule has 6 nitrogen and oxygen atoms in total. The molecule has 0 radical (unpaired) electrons. The molecule has 0 N–H and O–H groups in total. The van der Waals surface area contributed by atoms with Crippen LogP contribution in [0, 0.1) is 6.92 Å². The number of fused-ring (bicyclic) bond motifs is 1. The van der Waals surface area contributed by atoms with Crippen molar-refractivity contribution in [2.45, 2.75) is 45.0 Å². The fourth-order valence-electron chi connectivity index (χ4n) is 5.23. The van der Waals surface area contributed by atoms with Crippen molar-refractivity contribution >= 4 is 22.4 Å². The summed E-state index contributed by atoms with van der Waals surface area (Å²) in [4.78, 5) is 17.2. The van der Waals surface area contributed by atoms with E-state index in [-0.39, 0.29) is 18.5 Å². The molecule has 0 amide bonds. The first-order valence-electron chi connectivity index (χ1n) is 13.1. The molecule has 1 aliphatic rings. The number of aromatic nitrogens is 2. The highest BCUT2D eigenvalue weighted by Gasteiger charge is 2.40. The molecule has 0 bridgehead atoms. The SMILES string of the molecule is CCOC(COC1CCCCO1)(c1ccccc1)c1nc(Cl)cc2ccc(-c3cc(C)c(=O)n(C)c3)cc12. The van der Waals surface area contributed by atoms with Crippen LogP contribution in [0.2, 0.25) is 5.15 Å². The van der Waals surface area contributed by atoms with Crippen molar-refractivity contribution in [2.24, 2.45) is 7.05 Å². The third-order valence-electron chi connectivity index (χ3n) is 7.12. The zero-order valence-corrected chi connectivity index (χ0v) is 22.8. The summed E-state index contributed by atoms with van der Waals surface area (Å²) < 4.78 is 20.5. The Kier molecular flexibility index (Phi) is 7.96. The van der Waals surface area contributed by atoms with Crippen molar-refractivity contribution in [3.8, 4) is 11.1 Å². The Labute approximate surface area is 228 Å². The number of aryl methyl sites for hydroxylation is 2. The van der Waals surface area contributed by atoms with E-state index in [9.17, 15) is 4.79 Å². The summed E-state index contributed by atoms with van der Waals surface area (Å²) in [5, 5.41) is 2.23. The van der Waals surface area contributed by atoms with Crippen molar-refractivity contribution in [3.05, 3.63) is 99.2 Å². The molecule has 0 saturated carbocycles. The molecule has 4 aromatic rings. The summed E-state index contributed by atoms with van der Waals surface area (Å²) >= 11 is 6.61. The van der Waals surface area contributed by atoms with Gasteiger partial charge in [0.1, 0.15) is 5.15 Å². The first kappa shape index (κ1) is 26.6. The second-order valence-corrected chi connectivity index (χ2v) is 10.2. The van der Waals surface area contributed by atoms with Gasteiger partial charge in [0.2, 0.25) is 0 Å². The Bertz CT molecular complexity index is 1450. The number of ether oxygens (including phenoxy) is 3. The summed E-state index contributed by atoms with van der Waals surface area (Å²) in [5.41, 5.74) is 3.19. The average Bonchev–Trinajstić information content (AvgIpc) is 2.94. The van der Waals surface area contributed by atoms with Crippen LogP contribution in [0.4, 0.5) is 0 Å². The topological polar surface area (TPSA) is 62.6 Å². The molecular formula is C31H33ClN2O4. The molecular weight excluding hydrogens is 500 g/mol. The van der Waals surface area contributed by atoms with Gasteiger partial charge in [-0.25, -0.2) is 4.98 Å². The van der Waals surface area contributed by atoms with Gasteiger partial charge in [-0.3, -0.25) is 4.79 Å². The van der Waals surface area contributed by atoms with E-state index >= 15 is 0 Å². The zero-order valence-electron chi connectivity index (χ0n) is 22.1. The maximum atomic E-state index is 12.3. The Morgan fingerprint density at radius 2 is 1.92 bits per heavy atom. The monoisotopic (exact) mass is 532 g/mol. The Balaban J connectivity index is 1.71. The molecule has 1 aliphatic heterocycles. The molecule has 1 saturated heterocycles. The first-order valence-corrected chi connectivity index (χ1v) is 13.5. The molecule has 2 aromatic carbocycles. The van der Waals surface area contributed by atoms with Crippen LogP contribution in [-0.2, 0) is 26.9 Å². The van der Waals surface area contributed by atoms with Crippen molar-refractivity contribution in [2.75, 3.05) is 19.8 Å². The van der Waals surface area contributed by atoms with Crippen molar-refractivity contribution in [1.29, 1.82) is 0 Å². The van der Waals surface area contributed by atoms with Crippen LogP contribution in [-0.4, -0.2) is 35.7 Å². The third kappa shape index (κ3) is 5.27. The Morgan fingerprint density at radius 3 is 2.63 bits per heavy atom. The molecule has 2 atom stereocenters. The number of benzene rings is 2. The highest BCUT2D eigenvalue weighted by Crippen LogP contribution is 2.40. The largest absolute Gasteiger partial charge is 0.362 e. The predicted octanol–water partition coefficient (Wildman–Crippen LogP) is 6.39. The molecule has 7 heteroatoms. The van der Waals surface area contributed by atoms with Gasteiger partial charge in [-0.15, -0.1) is 0 Å². The van der Waals surface area contributed by atoms with Crippen LogP contribution in [0.25, 0.3) is 21.9 Å². The smallest absolute Gasteiger partial charge is 0.253 e. The maximum Gasteiger partial charge on any atom is 0.253 e. The Morgan fingerprint density at radius 1 is 1.11 bits per heavy atom. The molecule has 3 heterocycles. The van der Waals surface area contributed by atoms with E-state index < -0.39 is 5.60 Å². The van der Waals surface area contributed by atoms with Gasteiger partial charge < -0.3 is 18.8 Å². The van der Waals surface area contributed by atoms with Gasteiger partial charge in [0, 0.05) is 37.4 Å². The molecule has 2 unspecified atom stereocenters. The summed E-state index contributed by atoms with van der Waals surface area (Å²) in [6.07, 6.45) is 4.52. The number of hydrogen-bond donors (Lipinski definition) is 0. The predicted molar refractivity (Wildman–Crippen MR) is 151 cm³/mol. The number of nitrogens with zero attached hydrogens (tertiary/aromatic N) is 2. The van der Waals surface area contributed by atoms with Crippen molar-refractivity contribution in [3.63, 3.8) is 0 Å². The molecule has 2 aromatic heterocycles. The highest BCUT2D eigenvalue weighted by atomic mass is 35.5. The van der Waals surface area contributed by atoms with Gasteiger partial charge >= 0.3 is 0 Å². The molecule has 0 spiro atoms. The second-order valence-electron chi connectivity index (χ2n) is 9.79. The lowest BCUT2D eigenvalue weighted by Gasteiger charge is -2.36. The van der Waals surface area contributed by atoms with Gasteiger partial charge in [-0.1, -0.05) is 54.1 Å². The van der Waals surface area contributed by atoms with Crippen molar-refractivity contribution in [1.82, 2.24) is 9.55 Å².